The Bertz CT molecular complexity index is 841. The zero-order valence-corrected chi connectivity index (χ0v) is 18.3. The van der Waals surface area contributed by atoms with Gasteiger partial charge < -0.3 is 20.3 Å². The van der Waals surface area contributed by atoms with Crippen LogP contribution in [0, 0.1) is 5.92 Å². The number of piperidine rings is 1. The van der Waals surface area contributed by atoms with Crippen LogP contribution in [0.25, 0.3) is 0 Å². The lowest BCUT2D eigenvalue weighted by atomic mass is 9.65. The minimum atomic E-state index is -0.514. The predicted octanol–water partition coefficient (Wildman–Crippen LogP) is 2.30. The Morgan fingerprint density at radius 1 is 1.13 bits per heavy atom. The smallest absolute Gasteiger partial charge is 0.254 e. The lowest BCUT2D eigenvalue weighted by Gasteiger charge is -2.54. The van der Waals surface area contributed by atoms with Gasteiger partial charge in [-0.25, -0.2) is 0 Å². The van der Waals surface area contributed by atoms with Gasteiger partial charge in [-0.3, -0.25) is 14.4 Å². The molecule has 3 aliphatic rings. The molecule has 2 fully saturated rings. The number of carbonyl (C=O) groups excluding carboxylic acids is 3. The van der Waals surface area contributed by atoms with Crippen molar-refractivity contribution in [1.29, 1.82) is 0 Å². The van der Waals surface area contributed by atoms with Crippen LogP contribution in [-0.2, 0) is 14.3 Å². The van der Waals surface area contributed by atoms with Crippen molar-refractivity contribution in [3.63, 3.8) is 0 Å². The molecule has 1 saturated carbocycles. The third-order valence-corrected chi connectivity index (χ3v) is 7.52. The number of hydrogen-bond donors (Lipinski definition) is 1. The van der Waals surface area contributed by atoms with Gasteiger partial charge in [-0.1, -0.05) is 37.5 Å². The molecule has 7 heteroatoms. The molecule has 1 aromatic carbocycles. The zero-order valence-electron chi connectivity index (χ0n) is 18.3. The first-order valence-corrected chi connectivity index (χ1v) is 11.5. The molecular weight excluding hydrogens is 394 g/mol. The molecule has 2 heterocycles. The van der Waals surface area contributed by atoms with E-state index in [-0.39, 0.29) is 29.6 Å². The largest absolute Gasteiger partial charge is 0.383 e. The highest BCUT2D eigenvalue weighted by Gasteiger charge is 2.55. The molecule has 0 aromatic heterocycles. The number of primary amides is 1. The van der Waals surface area contributed by atoms with Crippen LogP contribution in [0.2, 0.25) is 0 Å². The number of hydrogen-bond acceptors (Lipinski definition) is 4. The monoisotopic (exact) mass is 427 g/mol. The van der Waals surface area contributed by atoms with Crippen molar-refractivity contribution in [2.45, 2.75) is 56.4 Å². The highest BCUT2D eigenvalue weighted by atomic mass is 16.5. The van der Waals surface area contributed by atoms with Gasteiger partial charge in [0.15, 0.2) is 0 Å². The van der Waals surface area contributed by atoms with Crippen molar-refractivity contribution in [3.05, 3.63) is 35.4 Å². The average molecular weight is 428 g/mol. The van der Waals surface area contributed by atoms with E-state index in [0.717, 1.165) is 37.7 Å². The molecule has 0 radical (unpaired) electrons. The molecule has 7 nitrogen and oxygen atoms in total. The van der Waals surface area contributed by atoms with Gasteiger partial charge in [0, 0.05) is 38.2 Å². The van der Waals surface area contributed by atoms with Gasteiger partial charge in [0.25, 0.3) is 5.91 Å². The molecule has 2 N–H and O–H groups in total. The second-order valence-electron chi connectivity index (χ2n) is 9.14. The van der Waals surface area contributed by atoms with E-state index in [1.165, 1.54) is 0 Å². The molecule has 1 aromatic rings. The van der Waals surface area contributed by atoms with Crippen LogP contribution in [0.4, 0.5) is 0 Å². The molecule has 4 rings (SSSR count). The van der Waals surface area contributed by atoms with Crippen LogP contribution in [-0.4, -0.2) is 66.4 Å². The Kier molecular flexibility index (Phi) is 6.32. The van der Waals surface area contributed by atoms with Crippen molar-refractivity contribution < 1.29 is 19.1 Å². The van der Waals surface area contributed by atoms with Crippen LogP contribution in [0.3, 0.4) is 0 Å². The Morgan fingerprint density at radius 2 is 1.81 bits per heavy atom. The number of amides is 3. The lowest BCUT2D eigenvalue weighted by molar-refractivity contribution is -0.141. The highest BCUT2D eigenvalue weighted by Crippen LogP contribution is 2.50. The van der Waals surface area contributed by atoms with Crippen LogP contribution in [0.15, 0.2) is 24.3 Å². The number of nitrogens with two attached hydrogens (primary N) is 1. The first-order chi connectivity index (χ1) is 15.0. The maximum absolute atomic E-state index is 14.0. The summed E-state index contributed by atoms with van der Waals surface area (Å²) in [6, 6.07) is 7.58. The first-order valence-electron chi connectivity index (χ1n) is 11.5. The van der Waals surface area contributed by atoms with Crippen molar-refractivity contribution in [1.82, 2.24) is 9.80 Å². The third-order valence-electron chi connectivity index (χ3n) is 7.52. The van der Waals surface area contributed by atoms with Gasteiger partial charge in [-0.2, -0.15) is 0 Å². The normalized spacial score (nSPS) is 23.6. The number of methoxy groups -OCH3 is 1. The molecule has 1 atom stereocenters. The summed E-state index contributed by atoms with van der Waals surface area (Å²) in [6.07, 6.45) is 6.00. The fourth-order valence-corrected chi connectivity index (χ4v) is 5.90. The molecular formula is C24H33N3O4. The zero-order chi connectivity index (χ0) is 22.0. The summed E-state index contributed by atoms with van der Waals surface area (Å²) in [5.74, 6) is -0.747. The quantitative estimate of drug-likeness (QED) is 0.780. The third kappa shape index (κ3) is 3.84. The fraction of sp³-hybridized carbons (Fsp3) is 0.625. The van der Waals surface area contributed by atoms with E-state index in [1.807, 2.05) is 34.1 Å². The first kappa shape index (κ1) is 21.8. The van der Waals surface area contributed by atoms with Gasteiger partial charge >= 0.3 is 0 Å². The number of fused-ring (bicyclic) bond motifs is 1. The van der Waals surface area contributed by atoms with E-state index in [0.29, 0.717) is 44.6 Å². The Balaban J connectivity index is 1.73. The van der Waals surface area contributed by atoms with Crippen molar-refractivity contribution >= 4 is 17.7 Å². The summed E-state index contributed by atoms with van der Waals surface area (Å²) in [5, 5.41) is 0. The number of nitrogens with zero attached hydrogens (tertiary/aromatic N) is 2. The standard InChI is InChI=1S/C24H33N3O4/c1-31-16-15-27-22(29)19-8-4-3-7-18(19)20(24(27)11-5-2-6-12-24)23(30)26-13-9-17(10-14-26)21(25)28/h3-4,7-8,17,20H,2,5-6,9-16H2,1H3,(H2,25,28)/t20-/m0/s1. The van der Waals surface area contributed by atoms with E-state index in [1.54, 1.807) is 7.11 Å². The van der Waals surface area contributed by atoms with Crippen molar-refractivity contribution in [2.24, 2.45) is 11.7 Å². The van der Waals surface area contributed by atoms with Gasteiger partial charge in [0.2, 0.25) is 11.8 Å². The molecule has 2 aliphatic heterocycles. The summed E-state index contributed by atoms with van der Waals surface area (Å²) >= 11 is 0. The summed E-state index contributed by atoms with van der Waals surface area (Å²) in [4.78, 5) is 43.0. The van der Waals surface area contributed by atoms with Crippen LogP contribution >= 0.6 is 0 Å². The van der Waals surface area contributed by atoms with Crippen molar-refractivity contribution in [2.75, 3.05) is 33.4 Å². The minimum absolute atomic E-state index is 0.00559. The summed E-state index contributed by atoms with van der Waals surface area (Å²) in [5.41, 5.74) is 6.45. The van der Waals surface area contributed by atoms with Gasteiger partial charge in [0.05, 0.1) is 18.1 Å². The van der Waals surface area contributed by atoms with E-state index in [2.05, 4.69) is 0 Å². The number of rotatable bonds is 5. The Morgan fingerprint density at radius 3 is 2.45 bits per heavy atom. The Labute approximate surface area is 183 Å². The SMILES string of the molecule is COCCN1C(=O)c2ccccc2[C@@H](C(=O)N2CCC(C(N)=O)CC2)C12CCCCC2. The minimum Gasteiger partial charge on any atom is -0.383 e. The molecule has 1 spiro atoms. The van der Waals surface area contributed by atoms with Gasteiger partial charge in [-0.15, -0.1) is 0 Å². The second-order valence-corrected chi connectivity index (χ2v) is 9.14. The van der Waals surface area contributed by atoms with E-state index < -0.39 is 5.54 Å². The second kappa shape index (κ2) is 8.99. The number of likely N-dealkylation sites (tertiary alicyclic amines) is 1. The number of ether oxygens (including phenoxy) is 1. The highest BCUT2D eigenvalue weighted by molar-refractivity contribution is 6.02. The number of carbonyl (C=O) groups is 3. The predicted molar refractivity (Wildman–Crippen MR) is 116 cm³/mol. The Hall–Kier alpha value is -2.41. The molecule has 1 aliphatic carbocycles. The average Bonchev–Trinajstić information content (AvgIpc) is 2.79. The molecule has 0 unspecified atom stereocenters. The maximum Gasteiger partial charge on any atom is 0.254 e. The van der Waals surface area contributed by atoms with Crippen LogP contribution < -0.4 is 5.73 Å². The van der Waals surface area contributed by atoms with Crippen molar-refractivity contribution in [3.8, 4) is 0 Å². The van der Waals surface area contributed by atoms with E-state index in [9.17, 15) is 14.4 Å². The van der Waals surface area contributed by atoms with E-state index in [4.69, 9.17) is 10.5 Å². The fourth-order valence-electron chi connectivity index (χ4n) is 5.90. The maximum atomic E-state index is 14.0. The topological polar surface area (TPSA) is 92.9 Å². The molecule has 3 amide bonds. The van der Waals surface area contributed by atoms with E-state index >= 15 is 0 Å². The van der Waals surface area contributed by atoms with Crippen LogP contribution in [0.5, 0.6) is 0 Å². The molecule has 1 saturated heterocycles. The molecule has 31 heavy (non-hydrogen) atoms. The van der Waals surface area contributed by atoms with Gasteiger partial charge in [0.1, 0.15) is 0 Å². The van der Waals surface area contributed by atoms with Crippen LogP contribution in [0.1, 0.15) is 66.8 Å². The molecule has 168 valence electrons. The number of benzene rings is 1. The summed E-state index contributed by atoms with van der Waals surface area (Å²) in [6.45, 7) is 2.00. The summed E-state index contributed by atoms with van der Waals surface area (Å²) in [7, 11) is 1.64. The van der Waals surface area contributed by atoms with Gasteiger partial charge in [-0.05, 0) is 37.3 Å². The summed E-state index contributed by atoms with van der Waals surface area (Å²) < 4.78 is 5.33. The molecule has 0 bridgehead atoms. The lowest BCUT2D eigenvalue weighted by Crippen LogP contribution is -2.63.